The quantitative estimate of drug-likeness (QED) is 0.771. The molecule has 18 heavy (non-hydrogen) atoms. The van der Waals surface area contributed by atoms with E-state index in [1.54, 1.807) is 6.07 Å². The third-order valence-electron chi connectivity index (χ3n) is 2.35. The van der Waals surface area contributed by atoms with Crippen LogP contribution in [0, 0.1) is 3.57 Å². The Morgan fingerprint density at radius 3 is 2.83 bits per heavy atom. The van der Waals surface area contributed by atoms with Gasteiger partial charge in [0.05, 0.1) is 13.2 Å². The zero-order valence-corrected chi connectivity index (χ0v) is 13.2. The molecule has 0 aliphatic carbocycles. The molecule has 0 radical (unpaired) electrons. The van der Waals surface area contributed by atoms with Crippen molar-refractivity contribution in [3.63, 3.8) is 0 Å². The van der Waals surface area contributed by atoms with Crippen molar-refractivity contribution >= 4 is 38.5 Å². The van der Waals surface area contributed by atoms with E-state index in [1.807, 2.05) is 24.3 Å². The van der Waals surface area contributed by atoms with Crippen LogP contribution in [0.5, 0.6) is 0 Å². The lowest BCUT2D eigenvalue weighted by Gasteiger charge is -2.07. The Labute approximate surface area is 127 Å². The van der Waals surface area contributed by atoms with Crippen LogP contribution in [-0.4, -0.2) is 4.98 Å². The zero-order chi connectivity index (χ0) is 13.0. The van der Waals surface area contributed by atoms with E-state index in [-0.39, 0.29) is 5.56 Å². The van der Waals surface area contributed by atoms with E-state index < -0.39 is 0 Å². The highest BCUT2D eigenvalue weighted by Gasteiger charge is 2.01. The fourth-order valence-corrected chi connectivity index (χ4v) is 2.40. The summed E-state index contributed by atoms with van der Waals surface area (Å²) in [6.07, 6.45) is 0. The number of pyridine rings is 1. The van der Waals surface area contributed by atoms with Gasteiger partial charge >= 0.3 is 0 Å². The number of nitrogens with one attached hydrogen (secondary N) is 1. The molecule has 1 aromatic heterocycles. The van der Waals surface area contributed by atoms with Gasteiger partial charge < -0.3 is 9.72 Å². The SMILES string of the molecule is O=c1cccc(COCc2cc(Br)ccc2I)[nH]1. The van der Waals surface area contributed by atoms with Crippen molar-refractivity contribution in [1.29, 1.82) is 0 Å². The van der Waals surface area contributed by atoms with Crippen molar-refractivity contribution in [2.45, 2.75) is 13.2 Å². The molecule has 0 fully saturated rings. The second kappa shape index (κ2) is 6.49. The Hall–Kier alpha value is -0.660. The maximum atomic E-state index is 11.1. The highest BCUT2D eigenvalue weighted by Crippen LogP contribution is 2.19. The summed E-state index contributed by atoms with van der Waals surface area (Å²) in [4.78, 5) is 13.8. The summed E-state index contributed by atoms with van der Waals surface area (Å²) >= 11 is 5.71. The van der Waals surface area contributed by atoms with Gasteiger partial charge in [0.2, 0.25) is 5.56 Å². The molecule has 0 aliphatic heterocycles. The van der Waals surface area contributed by atoms with Crippen molar-refractivity contribution in [2.24, 2.45) is 0 Å². The lowest BCUT2D eigenvalue weighted by molar-refractivity contribution is 0.104. The first-order valence-electron chi connectivity index (χ1n) is 5.35. The van der Waals surface area contributed by atoms with Crippen LogP contribution in [0.2, 0.25) is 0 Å². The number of ether oxygens (including phenoxy) is 1. The highest BCUT2D eigenvalue weighted by molar-refractivity contribution is 14.1. The molecule has 2 aromatic rings. The number of halogens is 2. The fraction of sp³-hybridized carbons (Fsp3) is 0.154. The lowest BCUT2D eigenvalue weighted by Crippen LogP contribution is -2.07. The molecule has 94 valence electrons. The van der Waals surface area contributed by atoms with Crippen LogP contribution in [0.4, 0.5) is 0 Å². The number of hydrogen-bond donors (Lipinski definition) is 1. The van der Waals surface area contributed by atoms with Crippen molar-refractivity contribution < 1.29 is 4.74 Å². The van der Waals surface area contributed by atoms with Crippen molar-refractivity contribution in [3.8, 4) is 0 Å². The van der Waals surface area contributed by atoms with Gasteiger partial charge in [0.25, 0.3) is 0 Å². The van der Waals surface area contributed by atoms with E-state index >= 15 is 0 Å². The van der Waals surface area contributed by atoms with Gasteiger partial charge in [-0.25, -0.2) is 0 Å². The van der Waals surface area contributed by atoms with Gasteiger partial charge in [0, 0.05) is 19.8 Å². The van der Waals surface area contributed by atoms with Gasteiger partial charge in [-0.1, -0.05) is 22.0 Å². The number of aromatic nitrogens is 1. The average Bonchev–Trinajstić information content (AvgIpc) is 2.34. The van der Waals surface area contributed by atoms with E-state index in [9.17, 15) is 4.79 Å². The summed E-state index contributed by atoms with van der Waals surface area (Å²) in [7, 11) is 0. The van der Waals surface area contributed by atoms with Gasteiger partial charge in [-0.2, -0.15) is 0 Å². The molecule has 0 atom stereocenters. The number of rotatable bonds is 4. The number of hydrogen-bond acceptors (Lipinski definition) is 2. The minimum Gasteiger partial charge on any atom is -0.371 e. The second-order valence-corrected chi connectivity index (χ2v) is 5.85. The van der Waals surface area contributed by atoms with Crippen LogP contribution in [0.1, 0.15) is 11.3 Å². The van der Waals surface area contributed by atoms with Crippen LogP contribution >= 0.6 is 38.5 Å². The largest absolute Gasteiger partial charge is 0.371 e. The van der Waals surface area contributed by atoms with Crippen LogP contribution in [0.3, 0.4) is 0 Å². The molecular formula is C13H11BrINO2. The van der Waals surface area contributed by atoms with Gasteiger partial charge in [0.1, 0.15) is 0 Å². The zero-order valence-electron chi connectivity index (χ0n) is 9.45. The molecule has 0 amide bonds. The molecule has 5 heteroatoms. The molecule has 0 unspecified atom stereocenters. The van der Waals surface area contributed by atoms with Crippen LogP contribution in [0.15, 0.2) is 45.7 Å². The molecule has 1 heterocycles. The fourth-order valence-electron chi connectivity index (χ4n) is 1.50. The summed E-state index contributed by atoms with van der Waals surface area (Å²) in [6, 6.07) is 11.1. The molecular weight excluding hydrogens is 409 g/mol. The first kappa shape index (κ1) is 13.8. The third kappa shape index (κ3) is 3.93. The minimum atomic E-state index is -0.104. The maximum absolute atomic E-state index is 11.1. The van der Waals surface area contributed by atoms with E-state index in [0.29, 0.717) is 13.2 Å². The topological polar surface area (TPSA) is 42.1 Å². The Morgan fingerprint density at radius 2 is 2.06 bits per heavy atom. The normalized spacial score (nSPS) is 10.6. The number of aromatic amines is 1. The van der Waals surface area contributed by atoms with Crippen molar-refractivity contribution in [1.82, 2.24) is 4.98 Å². The number of H-pyrrole nitrogens is 1. The van der Waals surface area contributed by atoms with Crippen LogP contribution in [0.25, 0.3) is 0 Å². The van der Waals surface area contributed by atoms with Gasteiger partial charge in [-0.3, -0.25) is 4.79 Å². The molecule has 1 N–H and O–H groups in total. The molecule has 0 saturated carbocycles. The minimum absolute atomic E-state index is 0.104. The molecule has 0 saturated heterocycles. The maximum Gasteiger partial charge on any atom is 0.248 e. The summed E-state index contributed by atoms with van der Waals surface area (Å²) in [5.74, 6) is 0. The molecule has 0 bridgehead atoms. The Bertz CT molecular complexity index is 598. The van der Waals surface area contributed by atoms with Gasteiger partial charge in [-0.15, -0.1) is 0 Å². The Balaban J connectivity index is 1.96. The van der Waals surface area contributed by atoms with Gasteiger partial charge in [-0.05, 0) is 52.4 Å². The Morgan fingerprint density at radius 1 is 1.22 bits per heavy atom. The summed E-state index contributed by atoms with van der Waals surface area (Å²) in [5.41, 5.74) is 1.81. The Kier molecular flexibility index (Phi) is 4.96. The summed E-state index contributed by atoms with van der Waals surface area (Å²) in [6.45, 7) is 0.924. The van der Waals surface area contributed by atoms with Crippen LogP contribution in [-0.2, 0) is 18.0 Å². The van der Waals surface area contributed by atoms with Crippen molar-refractivity contribution in [3.05, 3.63) is 66.1 Å². The molecule has 3 nitrogen and oxygen atoms in total. The standard InChI is InChI=1S/C13H11BrINO2/c14-10-4-5-12(15)9(6-10)7-18-8-11-2-1-3-13(17)16-11/h1-6H,7-8H2,(H,16,17). The third-order valence-corrected chi connectivity index (χ3v) is 3.90. The van der Waals surface area contributed by atoms with E-state index in [4.69, 9.17) is 4.74 Å². The summed E-state index contributed by atoms with van der Waals surface area (Å²) in [5, 5.41) is 0. The summed E-state index contributed by atoms with van der Waals surface area (Å²) < 4.78 is 7.80. The molecule has 0 aliphatic rings. The molecule has 1 aromatic carbocycles. The average molecular weight is 420 g/mol. The first-order chi connectivity index (χ1) is 8.65. The number of benzene rings is 1. The van der Waals surface area contributed by atoms with E-state index in [1.165, 1.54) is 6.07 Å². The monoisotopic (exact) mass is 419 g/mol. The van der Waals surface area contributed by atoms with Gasteiger partial charge in [0.15, 0.2) is 0 Å². The smallest absolute Gasteiger partial charge is 0.248 e. The first-order valence-corrected chi connectivity index (χ1v) is 7.22. The molecule has 0 spiro atoms. The second-order valence-electron chi connectivity index (χ2n) is 3.77. The predicted octanol–water partition coefficient (Wildman–Crippen LogP) is 3.46. The predicted molar refractivity (Wildman–Crippen MR) is 82.4 cm³/mol. The lowest BCUT2D eigenvalue weighted by atomic mass is 10.2. The highest BCUT2D eigenvalue weighted by atomic mass is 127. The van der Waals surface area contributed by atoms with Crippen molar-refractivity contribution in [2.75, 3.05) is 0 Å². The van der Waals surface area contributed by atoms with Crippen LogP contribution < -0.4 is 5.56 Å². The van der Waals surface area contributed by atoms with E-state index in [2.05, 4.69) is 43.5 Å². The molecule has 2 rings (SSSR count). The van der Waals surface area contributed by atoms with E-state index in [0.717, 1.165) is 19.3 Å².